The topological polar surface area (TPSA) is 64.3 Å². The van der Waals surface area contributed by atoms with Gasteiger partial charge in [-0.1, -0.05) is 18.2 Å². The molecule has 0 bridgehead atoms. The number of benzene rings is 1. The van der Waals surface area contributed by atoms with E-state index in [2.05, 4.69) is 5.32 Å². The summed E-state index contributed by atoms with van der Waals surface area (Å²) in [6, 6.07) is 7.63. The average Bonchev–Trinajstić information content (AvgIpc) is 2.31. The number of ether oxygens (including phenoxy) is 1. The van der Waals surface area contributed by atoms with Crippen molar-refractivity contribution in [2.45, 2.75) is 32.8 Å². The molecule has 1 aromatic carbocycles. The molecule has 0 fully saturated rings. The lowest BCUT2D eigenvalue weighted by Crippen LogP contribution is -2.27. The summed E-state index contributed by atoms with van der Waals surface area (Å²) in [6.45, 7) is 5.16. The van der Waals surface area contributed by atoms with E-state index in [-0.39, 0.29) is 12.0 Å². The number of carbonyl (C=O) groups excluding carboxylic acids is 1. The van der Waals surface area contributed by atoms with Crippen molar-refractivity contribution in [3.8, 4) is 5.75 Å². The summed E-state index contributed by atoms with van der Waals surface area (Å²) in [4.78, 5) is 11.7. The van der Waals surface area contributed by atoms with Crippen LogP contribution in [-0.2, 0) is 11.2 Å². The Bertz CT molecular complexity index is 378. The van der Waals surface area contributed by atoms with Crippen LogP contribution in [0.5, 0.6) is 5.75 Å². The number of rotatable bonds is 7. The van der Waals surface area contributed by atoms with Gasteiger partial charge in [0.05, 0.1) is 12.5 Å². The van der Waals surface area contributed by atoms with Gasteiger partial charge < -0.3 is 15.8 Å². The molecule has 0 saturated carbocycles. The van der Waals surface area contributed by atoms with Crippen LogP contribution in [0, 0.1) is 0 Å². The summed E-state index contributed by atoms with van der Waals surface area (Å²) in [5.41, 5.74) is 6.29. The lowest BCUT2D eigenvalue weighted by Gasteiger charge is -2.14. The molecule has 0 aliphatic heterocycles. The minimum Gasteiger partial charge on any atom is -0.491 e. The lowest BCUT2D eigenvalue weighted by molar-refractivity contribution is -0.120. The summed E-state index contributed by atoms with van der Waals surface area (Å²) in [7, 11) is 0. The standard InChI is InChI=1S/C14H22N2O2/c1-11(2)18-13-7-4-3-6-12(13)10-14(17)16-9-5-8-15/h3-4,6-7,11H,5,8-10,15H2,1-2H3,(H,16,17). The van der Waals surface area contributed by atoms with Gasteiger partial charge in [0.25, 0.3) is 0 Å². The Balaban J connectivity index is 2.57. The first kappa shape index (κ1) is 14.5. The molecule has 0 saturated heterocycles. The number of amides is 1. The molecule has 0 heterocycles. The van der Waals surface area contributed by atoms with Crippen LogP contribution in [0.4, 0.5) is 0 Å². The van der Waals surface area contributed by atoms with Gasteiger partial charge in [-0.25, -0.2) is 0 Å². The molecule has 0 aliphatic rings. The van der Waals surface area contributed by atoms with Crippen LogP contribution < -0.4 is 15.8 Å². The van der Waals surface area contributed by atoms with Crippen LogP contribution in [0.25, 0.3) is 0 Å². The second-order valence-corrected chi connectivity index (χ2v) is 4.44. The Kier molecular flexibility index (Phi) is 6.22. The molecular formula is C14H22N2O2. The summed E-state index contributed by atoms with van der Waals surface area (Å²) < 4.78 is 5.67. The Labute approximate surface area is 109 Å². The molecule has 0 aromatic heterocycles. The van der Waals surface area contributed by atoms with Gasteiger partial charge in [-0.3, -0.25) is 4.79 Å². The molecule has 18 heavy (non-hydrogen) atoms. The van der Waals surface area contributed by atoms with Crippen LogP contribution in [0.15, 0.2) is 24.3 Å². The summed E-state index contributed by atoms with van der Waals surface area (Å²) in [5.74, 6) is 0.782. The molecule has 0 spiro atoms. The highest BCUT2D eigenvalue weighted by Gasteiger charge is 2.09. The highest BCUT2D eigenvalue weighted by Crippen LogP contribution is 2.19. The highest BCUT2D eigenvalue weighted by molar-refractivity contribution is 5.79. The Morgan fingerprint density at radius 2 is 2.11 bits per heavy atom. The monoisotopic (exact) mass is 250 g/mol. The fourth-order valence-corrected chi connectivity index (χ4v) is 1.58. The molecule has 3 N–H and O–H groups in total. The maximum atomic E-state index is 11.7. The van der Waals surface area contributed by atoms with E-state index in [1.54, 1.807) is 0 Å². The van der Waals surface area contributed by atoms with Crippen molar-refractivity contribution in [2.75, 3.05) is 13.1 Å². The first-order valence-electron chi connectivity index (χ1n) is 6.34. The first-order chi connectivity index (χ1) is 8.63. The number of carbonyl (C=O) groups is 1. The second kappa shape index (κ2) is 7.71. The normalized spacial score (nSPS) is 10.4. The first-order valence-corrected chi connectivity index (χ1v) is 6.34. The molecule has 0 aliphatic carbocycles. The molecule has 4 nitrogen and oxygen atoms in total. The van der Waals surface area contributed by atoms with Crippen LogP contribution in [0.3, 0.4) is 0 Å². The average molecular weight is 250 g/mol. The molecular weight excluding hydrogens is 228 g/mol. The minimum absolute atomic E-state index is 0.00301. The Hall–Kier alpha value is -1.55. The summed E-state index contributed by atoms with van der Waals surface area (Å²) in [6.07, 6.45) is 1.25. The third-order valence-corrected chi connectivity index (χ3v) is 2.39. The minimum atomic E-state index is 0.00301. The Morgan fingerprint density at radius 1 is 1.39 bits per heavy atom. The number of nitrogens with two attached hydrogens (primary N) is 1. The van der Waals surface area contributed by atoms with Crippen molar-refractivity contribution in [3.63, 3.8) is 0 Å². The summed E-state index contributed by atoms with van der Waals surface area (Å²) in [5, 5.41) is 2.84. The third-order valence-electron chi connectivity index (χ3n) is 2.39. The van der Waals surface area contributed by atoms with Crippen molar-refractivity contribution in [1.29, 1.82) is 0 Å². The van der Waals surface area contributed by atoms with E-state index < -0.39 is 0 Å². The van der Waals surface area contributed by atoms with Crippen molar-refractivity contribution < 1.29 is 9.53 Å². The zero-order chi connectivity index (χ0) is 13.4. The molecule has 1 aromatic rings. The molecule has 4 heteroatoms. The van der Waals surface area contributed by atoms with Gasteiger partial charge in [0.15, 0.2) is 0 Å². The van der Waals surface area contributed by atoms with Gasteiger partial charge in [0.1, 0.15) is 5.75 Å². The van der Waals surface area contributed by atoms with Gasteiger partial charge in [-0.2, -0.15) is 0 Å². The maximum Gasteiger partial charge on any atom is 0.224 e. The van der Waals surface area contributed by atoms with Crippen LogP contribution in [-0.4, -0.2) is 25.1 Å². The smallest absolute Gasteiger partial charge is 0.224 e. The molecule has 1 rings (SSSR count). The number of hydrogen-bond acceptors (Lipinski definition) is 3. The van der Waals surface area contributed by atoms with Gasteiger partial charge in [0, 0.05) is 12.1 Å². The van der Waals surface area contributed by atoms with Crippen molar-refractivity contribution in [3.05, 3.63) is 29.8 Å². The quantitative estimate of drug-likeness (QED) is 0.720. The number of nitrogens with one attached hydrogen (secondary N) is 1. The predicted octanol–water partition coefficient (Wildman–Crippen LogP) is 1.48. The third kappa shape index (κ3) is 5.19. The van der Waals surface area contributed by atoms with Crippen molar-refractivity contribution >= 4 is 5.91 Å². The fourth-order valence-electron chi connectivity index (χ4n) is 1.58. The van der Waals surface area contributed by atoms with Crippen LogP contribution in [0.2, 0.25) is 0 Å². The summed E-state index contributed by atoms with van der Waals surface area (Å²) >= 11 is 0. The molecule has 0 radical (unpaired) electrons. The van der Waals surface area contributed by atoms with Gasteiger partial charge in [-0.15, -0.1) is 0 Å². The van der Waals surface area contributed by atoms with E-state index in [0.29, 0.717) is 19.5 Å². The van der Waals surface area contributed by atoms with Crippen molar-refractivity contribution in [1.82, 2.24) is 5.32 Å². The number of para-hydroxylation sites is 1. The molecule has 0 unspecified atom stereocenters. The van der Waals surface area contributed by atoms with E-state index in [4.69, 9.17) is 10.5 Å². The lowest BCUT2D eigenvalue weighted by atomic mass is 10.1. The van der Waals surface area contributed by atoms with E-state index in [9.17, 15) is 4.79 Å². The Morgan fingerprint density at radius 3 is 2.78 bits per heavy atom. The SMILES string of the molecule is CC(C)Oc1ccccc1CC(=O)NCCCN. The van der Waals surface area contributed by atoms with Crippen molar-refractivity contribution in [2.24, 2.45) is 5.73 Å². The maximum absolute atomic E-state index is 11.7. The highest BCUT2D eigenvalue weighted by atomic mass is 16.5. The van der Waals surface area contributed by atoms with E-state index in [1.807, 2.05) is 38.1 Å². The van der Waals surface area contributed by atoms with E-state index in [1.165, 1.54) is 0 Å². The van der Waals surface area contributed by atoms with E-state index in [0.717, 1.165) is 17.7 Å². The molecule has 0 atom stereocenters. The molecule has 100 valence electrons. The zero-order valence-electron chi connectivity index (χ0n) is 11.1. The predicted molar refractivity (Wildman–Crippen MR) is 72.6 cm³/mol. The largest absolute Gasteiger partial charge is 0.491 e. The van der Waals surface area contributed by atoms with Gasteiger partial charge >= 0.3 is 0 Å². The molecule has 1 amide bonds. The number of hydrogen-bond donors (Lipinski definition) is 2. The van der Waals surface area contributed by atoms with Crippen LogP contribution in [0.1, 0.15) is 25.8 Å². The van der Waals surface area contributed by atoms with Gasteiger partial charge in [0.2, 0.25) is 5.91 Å². The zero-order valence-corrected chi connectivity index (χ0v) is 11.1. The second-order valence-electron chi connectivity index (χ2n) is 4.44. The fraction of sp³-hybridized carbons (Fsp3) is 0.500. The van der Waals surface area contributed by atoms with Gasteiger partial charge in [-0.05, 0) is 32.9 Å². The van der Waals surface area contributed by atoms with E-state index >= 15 is 0 Å². The van der Waals surface area contributed by atoms with Crippen LogP contribution >= 0.6 is 0 Å².